The lowest BCUT2D eigenvalue weighted by Gasteiger charge is -2.17. The van der Waals surface area contributed by atoms with Crippen LogP contribution in [0.2, 0.25) is 0 Å². The maximum absolute atomic E-state index is 11.8. The highest BCUT2D eigenvalue weighted by Gasteiger charge is 2.39. The molecule has 3 heteroatoms. The summed E-state index contributed by atoms with van der Waals surface area (Å²) >= 11 is 0. The summed E-state index contributed by atoms with van der Waals surface area (Å²) in [6, 6.07) is 7.78. The molecule has 0 aliphatic heterocycles. The van der Waals surface area contributed by atoms with E-state index in [0.29, 0.717) is 5.92 Å². The second-order valence-corrected chi connectivity index (χ2v) is 4.79. The molecule has 1 amide bonds. The van der Waals surface area contributed by atoms with Crippen molar-refractivity contribution in [2.45, 2.75) is 26.3 Å². The van der Waals surface area contributed by atoms with Gasteiger partial charge in [-0.3, -0.25) is 4.79 Å². The van der Waals surface area contributed by atoms with Crippen LogP contribution in [0, 0.1) is 11.8 Å². The number of hydrogen-bond donors (Lipinski definition) is 1. The molecule has 0 heterocycles. The summed E-state index contributed by atoms with van der Waals surface area (Å²) in [6.45, 7) is 4.10. The van der Waals surface area contributed by atoms with Crippen LogP contribution in [0.1, 0.15) is 31.9 Å². The fourth-order valence-corrected chi connectivity index (χ4v) is 2.11. The summed E-state index contributed by atoms with van der Waals surface area (Å²) < 4.78 is 5.29. The topological polar surface area (TPSA) is 38.3 Å². The van der Waals surface area contributed by atoms with Gasteiger partial charge in [-0.15, -0.1) is 0 Å². The minimum Gasteiger partial charge on any atom is -0.496 e. The molecule has 1 aromatic rings. The Kier molecular flexibility index (Phi) is 3.36. The smallest absolute Gasteiger partial charge is 0.223 e. The van der Waals surface area contributed by atoms with Crippen LogP contribution in [-0.4, -0.2) is 13.0 Å². The fourth-order valence-electron chi connectivity index (χ4n) is 2.11. The monoisotopic (exact) mass is 233 g/mol. The highest BCUT2D eigenvalue weighted by Crippen LogP contribution is 2.38. The van der Waals surface area contributed by atoms with E-state index in [4.69, 9.17) is 4.74 Å². The molecule has 0 saturated heterocycles. The molecule has 0 radical (unpaired) electrons. The van der Waals surface area contributed by atoms with Gasteiger partial charge in [0.05, 0.1) is 13.2 Å². The zero-order valence-electron chi connectivity index (χ0n) is 10.6. The Balaban J connectivity index is 2.03. The van der Waals surface area contributed by atoms with Crippen molar-refractivity contribution in [3.63, 3.8) is 0 Å². The van der Waals surface area contributed by atoms with Crippen molar-refractivity contribution in [3.8, 4) is 5.75 Å². The van der Waals surface area contributed by atoms with E-state index in [0.717, 1.165) is 17.7 Å². The molecular weight excluding hydrogens is 214 g/mol. The number of carbonyl (C=O) groups excluding carboxylic acids is 1. The summed E-state index contributed by atoms with van der Waals surface area (Å²) in [5.74, 6) is 1.74. The molecule has 0 aromatic heterocycles. The Morgan fingerprint density at radius 2 is 2.12 bits per heavy atom. The zero-order chi connectivity index (χ0) is 12.4. The van der Waals surface area contributed by atoms with Gasteiger partial charge >= 0.3 is 0 Å². The number of amides is 1. The van der Waals surface area contributed by atoms with E-state index < -0.39 is 0 Å². The molecule has 1 aliphatic carbocycles. The molecule has 3 nitrogen and oxygen atoms in total. The quantitative estimate of drug-likeness (QED) is 0.867. The molecule has 1 fully saturated rings. The lowest BCUT2D eigenvalue weighted by Crippen LogP contribution is -2.28. The van der Waals surface area contributed by atoms with E-state index in [1.807, 2.05) is 31.2 Å². The maximum atomic E-state index is 11.8. The minimum absolute atomic E-state index is 0.00792. The fraction of sp³-hybridized carbons (Fsp3) is 0.500. The Morgan fingerprint density at radius 3 is 2.71 bits per heavy atom. The predicted octanol–water partition coefficient (Wildman–Crippen LogP) is 2.53. The van der Waals surface area contributed by atoms with Crippen molar-refractivity contribution >= 4 is 5.91 Å². The molecule has 1 N–H and O–H groups in total. The Labute approximate surface area is 102 Å². The predicted molar refractivity (Wildman–Crippen MR) is 66.8 cm³/mol. The van der Waals surface area contributed by atoms with Crippen LogP contribution < -0.4 is 10.1 Å². The molecule has 1 saturated carbocycles. The van der Waals surface area contributed by atoms with Crippen molar-refractivity contribution in [2.75, 3.05) is 7.11 Å². The van der Waals surface area contributed by atoms with Gasteiger partial charge in [0.2, 0.25) is 5.91 Å². The van der Waals surface area contributed by atoms with Crippen LogP contribution in [0.3, 0.4) is 0 Å². The van der Waals surface area contributed by atoms with Crippen molar-refractivity contribution in [1.82, 2.24) is 5.32 Å². The van der Waals surface area contributed by atoms with Crippen LogP contribution in [0.4, 0.5) is 0 Å². The number of methoxy groups -OCH3 is 1. The third-order valence-electron chi connectivity index (χ3n) is 3.41. The first-order valence-electron chi connectivity index (χ1n) is 6.06. The van der Waals surface area contributed by atoms with Crippen LogP contribution in [-0.2, 0) is 4.79 Å². The minimum atomic E-state index is -0.00792. The first-order valence-corrected chi connectivity index (χ1v) is 6.06. The van der Waals surface area contributed by atoms with Gasteiger partial charge in [-0.2, -0.15) is 0 Å². The van der Waals surface area contributed by atoms with E-state index in [1.165, 1.54) is 0 Å². The number of para-hydroxylation sites is 1. The number of carbonyl (C=O) groups is 1. The number of hydrogen-bond acceptors (Lipinski definition) is 2. The zero-order valence-corrected chi connectivity index (χ0v) is 10.6. The Bertz CT molecular complexity index is 416. The second kappa shape index (κ2) is 4.78. The van der Waals surface area contributed by atoms with E-state index in [-0.39, 0.29) is 17.9 Å². The summed E-state index contributed by atoms with van der Waals surface area (Å²) in [4.78, 5) is 11.8. The Morgan fingerprint density at radius 1 is 1.47 bits per heavy atom. The Hall–Kier alpha value is -1.51. The third-order valence-corrected chi connectivity index (χ3v) is 3.41. The van der Waals surface area contributed by atoms with Crippen molar-refractivity contribution in [2.24, 2.45) is 11.8 Å². The van der Waals surface area contributed by atoms with E-state index in [9.17, 15) is 4.79 Å². The average Bonchev–Trinajstić information content (AvgIpc) is 3.06. The molecule has 1 aromatic carbocycles. The van der Waals surface area contributed by atoms with Crippen LogP contribution in [0.5, 0.6) is 5.75 Å². The first kappa shape index (κ1) is 12.0. The van der Waals surface area contributed by atoms with Crippen LogP contribution in [0.25, 0.3) is 0 Å². The maximum Gasteiger partial charge on any atom is 0.223 e. The molecule has 0 spiro atoms. The van der Waals surface area contributed by atoms with Gasteiger partial charge < -0.3 is 10.1 Å². The summed E-state index contributed by atoms with van der Waals surface area (Å²) in [5.41, 5.74) is 1.02. The van der Waals surface area contributed by atoms with Gasteiger partial charge in [0.15, 0.2) is 0 Å². The summed E-state index contributed by atoms with van der Waals surface area (Å²) in [6.07, 6.45) is 1.02. The van der Waals surface area contributed by atoms with Gasteiger partial charge in [-0.05, 0) is 25.3 Å². The normalized spacial score (nSPS) is 23.9. The summed E-state index contributed by atoms with van der Waals surface area (Å²) in [5, 5.41) is 3.04. The number of ether oxygens (including phenoxy) is 1. The van der Waals surface area contributed by atoms with Crippen molar-refractivity contribution < 1.29 is 9.53 Å². The lowest BCUT2D eigenvalue weighted by atomic mass is 10.1. The highest BCUT2D eigenvalue weighted by molar-refractivity contribution is 5.81. The van der Waals surface area contributed by atoms with Crippen LogP contribution in [0.15, 0.2) is 24.3 Å². The van der Waals surface area contributed by atoms with Crippen LogP contribution >= 0.6 is 0 Å². The van der Waals surface area contributed by atoms with E-state index >= 15 is 0 Å². The van der Waals surface area contributed by atoms with Gasteiger partial charge in [-0.1, -0.05) is 25.1 Å². The number of nitrogens with one attached hydrogen (secondary N) is 1. The largest absolute Gasteiger partial charge is 0.496 e. The van der Waals surface area contributed by atoms with Gasteiger partial charge in [0.25, 0.3) is 0 Å². The SMILES string of the molecule is COc1ccccc1[C@H](C)NC(=O)[C@H]1C[C@@H]1C. The summed E-state index contributed by atoms with van der Waals surface area (Å²) in [7, 11) is 1.65. The van der Waals surface area contributed by atoms with Crippen molar-refractivity contribution in [1.29, 1.82) is 0 Å². The number of rotatable bonds is 4. The van der Waals surface area contributed by atoms with Gasteiger partial charge in [0.1, 0.15) is 5.75 Å². The van der Waals surface area contributed by atoms with E-state index in [2.05, 4.69) is 12.2 Å². The standard InChI is InChI=1S/C14H19NO2/c1-9-8-12(9)14(16)15-10(2)11-6-4-5-7-13(11)17-3/h4-7,9-10,12H,8H2,1-3H3,(H,15,16)/t9-,10-,12-/m0/s1. The third kappa shape index (κ3) is 2.60. The van der Waals surface area contributed by atoms with E-state index in [1.54, 1.807) is 7.11 Å². The molecular formula is C14H19NO2. The molecule has 0 bridgehead atoms. The van der Waals surface area contributed by atoms with Gasteiger partial charge in [-0.25, -0.2) is 0 Å². The second-order valence-electron chi connectivity index (χ2n) is 4.79. The number of benzene rings is 1. The van der Waals surface area contributed by atoms with Crippen molar-refractivity contribution in [3.05, 3.63) is 29.8 Å². The molecule has 0 unspecified atom stereocenters. The average molecular weight is 233 g/mol. The lowest BCUT2D eigenvalue weighted by molar-refractivity contribution is -0.123. The first-order chi connectivity index (χ1) is 8.13. The molecule has 1 aliphatic rings. The molecule has 2 rings (SSSR count). The van der Waals surface area contributed by atoms with Gasteiger partial charge in [0, 0.05) is 11.5 Å². The highest BCUT2D eigenvalue weighted by atomic mass is 16.5. The molecule has 17 heavy (non-hydrogen) atoms. The molecule has 92 valence electrons. The molecule has 3 atom stereocenters.